The lowest BCUT2D eigenvalue weighted by atomic mass is 9.81. The van der Waals surface area contributed by atoms with Crippen LogP contribution in [0.15, 0.2) is 0 Å². The Kier molecular flexibility index (Phi) is 3.66. The molecule has 1 aromatic heterocycles. The van der Waals surface area contributed by atoms with Gasteiger partial charge in [-0.05, 0) is 24.7 Å². The summed E-state index contributed by atoms with van der Waals surface area (Å²) >= 11 is 1.43. The second kappa shape index (κ2) is 5.04. The van der Waals surface area contributed by atoms with Crippen molar-refractivity contribution in [2.24, 2.45) is 5.92 Å². The highest BCUT2D eigenvalue weighted by molar-refractivity contribution is 7.15. The number of aromatic nitrogens is 1. The third-order valence-electron chi connectivity index (χ3n) is 3.36. The molecule has 0 saturated heterocycles. The molecule has 0 bridgehead atoms. The maximum atomic E-state index is 11.6. The topological polar surface area (TPSA) is 65.2 Å². The van der Waals surface area contributed by atoms with E-state index in [0.717, 1.165) is 17.7 Å². The van der Waals surface area contributed by atoms with E-state index in [0.29, 0.717) is 22.7 Å². The molecule has 1 saturated carbocycles. The molecule has 1 aliphatic rings. The molecule has 2 N–H and O–H groups in total. The smallest absolute Gasteiger partial charge is 0.357 e. The SMILES string of the molecule is COC(=O)c1nc(N)sc1C1CCCC(C)C1. The van der Waals surface area contributed by atoms with Crippen LogP contribution in [-0.2, 0) is 4.74 Å². The van der Waals surface area contributed by atoms with Gasteiger partial charge in [-0.25, -0.2) is 9.78 Å². The Hall–Kier alpha value is -1.10. The minimum atomic E-state index is -0.369. The van der Waals surface area contributed by atoms with Gasteiger partial charge in [0.1, 0.15) is 0 Å². The molecule has 17 heavy (non-hydrogen) atoms. The number of anilines is 1. The van der Waals surface area contributed by atoms with Crippen molar-refractivity contribution < 1.29 is 9.53 Å². The molecular weight excluding hydrogens is 236 g/mol. The first-order valence-electron chi connectivity index (χ1n) is 5.96. The summed E-state index contributed by atoms with van der Waals surface area (Å²) < 4.78 is 4.76. The average Bonchev–Trinajstić information content (AvgIpc) is 2.70. The Bertz CT molecular complexity index is 417. The number of nitrogens with two attached hydrogens (primary N) is 1. The second-order valence-electron chi connectivity index (χ2n) is 4.73. The van der Waals surface area contributed by atoms with E-state index in [9.17, 15) is 4.79 Å². The van der Waals surface area contributed by atoms with Crippen molar-refractivity contribution >= 4 is 22.4 Å². The van der Waals surface area contributed by atoms with Crippen LogP contribution in [0.4, 0.5) is 5.13 Å². The maximum Gasteiger partial charge on any atom is 0.357 e. The Morgan fingerprint density at radius 1 is 1.53 bits per heavy atom. The van der Waals surface area contributed by atoms with Crippen molar-refractivity contribution in [3.05, 3.63) is 10.6 Å². The van der Waals surface area contributed by atoms with E-state index in [1.807, 2.05) is 0 Å². The molecule has 0 spiro atoms. The zero-order chi connectivity index (χ0) is 12.4. The lowest BCUT2D eigenvalue weighted by Gasteiger charge is -2.26. The molecule has 1 aliphatic carbocycles. The van der Waals surface area contributed by atoms with Crippen molar-refractivity contribution in [2.45, 2.75) is 38.5 Å². The van der Waals surface area contributed by atoms with Crippen molar-refractivity contribution in [2.75, 3.05) is 12.8 Å². The molecule has 2 atom stereocenters. The second-order valence-corrected chi connectivity index (χ2v) is 5.79. The Labute approximate surface area is 105 Å². The summed E-state index contributed by atoms with van der Waals surface area (Å²) in [4.78, 5) is 16.8. The van der Waals surface area contributed by atoms with Gasteiger partial charge in [0.25, 0.3) is 0 Å². The summed E-state index contributed by atoms with van der Waals surface area (Å²) in [6.45, 7) is 2.26. The summed E-state index contributed by atoms with van der Waals surface area (Å²) in [7, 11) is 1.38. The van der Waals surface area contributed by atoms with Gasteiger partial charge < -0.3 is 10.5 Å². The Morgan fingerprint density at radius 3 is 2.94 bits per heavy atom. The summed E-state index contributed by atoms with van der Waals surface area (Å²) in [5.74, 6) is 0.761. The quantitative estimate of drug-likeness (QED) is 0.824. The standard InChI is InChI=1S/C12H18N2O2S/c1-7-4-3-5-8(6-7)10-9(11(15)16-2)14-12(13)17-10/h7-8H,3-6H2,1-2H3,(H2,13,14). The van der Waals surface area contributed by atoms with Crippen LogP contribution in [0, 0.1) is 5.92 Å². The molecule has 2 unspecified atom stereocenters. The summed E-state index contributed by atoms with van der Waals surface area (Å²) in [5, 5.41) is 0.457. The van der Waals surface area contributed by atoms with E-state index < -0.39 is 0 Å². The molecule has 4 nitrogen and oxygen atoms in total. The zero-order valence-electron chi connectivity index (χ0n) is 10.2. The summed E-state index contributed by atoms with van der Waals surface area (Å²) in [6.07, 6.45) is 4.73. The fraction of sp³-hybridized carbons (Fsp3) is 0.667. The average molecular weight is 254 g/mol. The van der Waals surface area contributed by atoms with Crippen molar-refractivity contribution in [3.8, 4) is 0 Å². The zero-order valence-corrected chi connectivity index (χ0v) is 11.0. The minimum absolute atomic E-state index is 0.369. The van der Waals surface area contributed by atoms with Crippen LogP contribution in [0.2, 0.25) is 0 Å². The Morgan fingerprint density at radius 2 is 2.29 bits per heavy atom. The normalized spacial score (nSPS) is 24.6. The van der Waals surface area contributed by atoms with Gasteiger partial charge in [0.05, 0.1) is 7.11 Å². The molecule has 0 aliphatic heterocycles. The fourth-order valence-electron chi connectivity index (χ4n) is 2.54. The number of nitrogens with zero attached hydrogens (tertiary/aromatic N) is 1. The lowest BCUT2D eigenvalue weighted by Crippen LogP contribution is -2.14. The van der Waals surface area contributed by atoms with Crippen LogP contribution in [0.5, 0.6) is 0 Å². The van der Waals surface area contributed by atoms with Crippen molar-refractivity contribution in [1.29, 1.82) is 0 Å². The molecule has 0 radical (unpaired) electrons. The third kappa shape index (κ3) is 2.60. The van der Waals surface area contributed by atoms with E-state index in [1.165, 1.54) is 31.3 Å². The molecule has 1 aromatic rings. The van der Waals surface area contributed by atoms with Crippen LogP contribution < -0.4 is 5.73 Å². The number of hydrogen-bond donors (Lipinski definition) is 1. The molecule has 0 amide bonds. The van der Waals surface area contributed by atoms with Crippen LogP contribution in [0.3, 0.4) is 0 Å². The minimum Gasteiger partial charge on any atom is -0.464 e. The van der Waals surface area contributed by atoms with Gasteiger partial charge in [-0.1, -0.05) is 19.8 Å². The first kappa shape index (κ1) is 12.4. The number of carbonyl (C=O) groups is 1. The van der Waals surface area contributed by atoms with Crippen LogP contribution >= 0.6 is 11.3 Å². The van der Waals surface area contributed by atoms with Crippen molar-refractivity contribution in [3.63, 3.8) is 0 Å². The number of nitrogen functional groups attached to an aromatic ring is 1. The first-order chi connectivity index (χ1) is 8.11. The third-order valence-corrected chi connectivity index (χ3v) is 4.40. The van der Waals surface area contributed by atoms with Gasteiger partial charge in [0.15, 0.2) is 10.8 Å². The number of rotatable bonds is 2. The fourth-order valence-corrected chi connectivity index (χ4v) is 3.51. The number of carbonyl (C=O) groups excluding carboxylic acids is 1. The summed E-state index contributed by atoms with van der Waals surface area (Å²) in [6, 6.07) is 0. The van der Waals surface area contributed by atoms with E-state index in [4.69, 9.17) is 10.5 Å². The van der Waals surface area contributed by atoms with E-state index in [1.54, 1.807) is 0 Å². The Balaban J connectivity index is 2.27. The molecule has 1 heterocycles. The largest absolute Gasteiger partial charge is 0.464 e. The van der Waals surface area contributed by atoms with E-state index in [-0.39, 0.29) is 5.97 Å². The lowest BCUT2D eigenvalue weighted by molar-refractivity contribution is 0.0592. The highest BCUT2D eigenvalue weighted by Gasteiger charge is 2.28. The highest BCUT2D eigenvalue weighted by Crippen LogP contribution is 2.40. The highest BCUT2D eigenvalue weighted by atomic mass is 32.1. The molecule has 94 valence electrons. The molecule has 2 rings (SSSR count). The van der Waals surface area contributed by atoms with Crippen LogP contribution in [0.1, 0.15) is 53.9 Å². The van der Waals surface area contributed by atoms with Gasteiger partial charge in [0, 0.05) is 4.88 Å². The number of ether oxygens (including phenoxy) is 1. The number of hydrogen-bond acceptors (Lipinski definition) is 5. The first-order valence-corrected chi connectivity index (χ1v) is 6.78. The van der Waals surface area contributed by atoms with Gasteiger partial charge in [-0.2, -0.15) is 0 Å². The monoisotopic (exact) mass is 254 g/mol. The van der Waals surface area contributed by atoms with Gasteiger partial charge in [0.2, 0.25) is 0 Å². The molecule has 1 fully saturated rings. The van der Waals surface area contributed by atoms with Crippen LogP contribution in [-0.4, -0.2) is 18.1 Å². The van der Waals surface area contributed by atoms with Crippen LogP contribution in [0.25, 0.3) is 0 Å². The van der Waals surface area contributed by atoms with Gasteiger partial charge in [-0.3, -0.25) is 0 Å². The molecule has 5 heteroatoms. The maximum absolute atomic E-state index is 11.6. The summed E-state index contributed by atoms with van der Waals surface area (Å²) in [5.41, 5.74) is 6.14. The predicted molar refractivity (Wildman–Crippen MR) is 68.2 cm³/mol. The number of methoxy groups -OCH3 is 1. The molecule has 0 aromatic carbocycles. The predicted octanol–water partition coefficient (Wildman–Crippen LogP) is 2.81. The van der Waals surface area contributed by atoms with Gasteiger partial charge in [-0.15, -0.1) is 11.3 Å². The number of esters is 1. The van der Waals surface area contributed by atoms with Gasteiger partial charge >= 0.3 is 5.97 Å². The molecular formula is C12H18N2O2S. The van der Waals surface area contributed by atoms with E-state index >= 15 is 0 Å². The number of thiazole rings is 1. The van der Waals surface area contributed by atoms with E-state index in [2.05, 4.69) is 11.9 Å². The van der Waals surface area contributed by atoms with Crippen molar-refractivity contribution in [1.82, 2.24) is 4.98 Å².